The number of nitrogens with one attached hydrogen (secondary N) is 1. The van der Waals surface area contributed by atoms with Crippen LogP contribution in [0.5, 0.6) is 5.75 Å². The Hall–Kier alpha value is -1.60. The lowest BCUT2D eigenvalue weighted by molar-refractivity contribution is -0.117. The van der Waals surface area contributed by atoms with Gasteiger partial charge in [-0.2, -0.15) is 4.31 Å². The molecule has 2 fully saturated rings. The number of hydrogen-bond acceptors (Lipinski definition) is 4. The van der Waals surface area contributed by atoms with Crippen molar-refractivity contribution in [3.8, 4) is 5.75 Å². The molecule has 2 saturated carbocycles. The molecule has 6 nitrogen and oxygen atoms in total. The van der Waals surface area contributed by atoms with Crippen molar-refractivity contribution in [3.05, 3.63) is 18.2 Å². The van der Waals surface area contributed by atoms with Crippen LogP contribution in [0.25, 0.3) is 0 Å². The normalized spacial score (nSPS) is 24.4. The molecule has 1 N–H and O–H groups in total. The van der Waals surface area contributed by atoms with Crippen molar-refractivity contribution in [1.82, 2.24) is 4.31 Å². The number of anilines is 1. The molecule has 2 bridgehead atoms. The van der Waals surface area contributed by atoms with E-state index in [0.29, 0.717) is 42.8 Å². The molecule has 0 saturated heterocycles. The van der Waals surface area contributed by atoms with E-state index >= 15 is 0 Å². The van der Waals surface area contributed by atoms with Crippen LogP contribution in [0, 0.1) is 17.8 Å². The van der Waals surface area contributed by atoms with Gasteiger partial charge in [0.05, 0.1) is 17.7 Å². The lowest BCUT2D eigenvalue weighted by atomic mass is 9.86. The minimum atomic E-state index is -3.59. The third-order valence-corrected chi connectivity index (χ3v) is 8.17. The molecule has 0 heterocycles. The molecule has 7 heteroatoms. The first-order valence-electron chi connectivity index (χ1n) is 9.87. The number of methoxy groups -OCH3 is 1. The van der Waals surface area contributed by atoms with Gasteiger partial charge in [-0.3, -0.25) is 4.79 Å². The highest BCUT2D eigenvalue weighted by molar-refractivity contribution is 7.89. The zero-order valence-electron chi connectivity index (χ0n) is 16.4. The predicted octanol–water partition coefficient (Wildman–Crippen LogP) is 3.49. The van der Waals surface area contributed by atoms with Gasteiger partial charge in [0.25, 0.3) is 0 Å². The monoisotopic (exact) mass is 394 g/mol. The van der Waals surface area contributed by atoms with Crippen LogP contribution >= 0.6 is 0 Å². The summed E-state index contributed by atoms with van der Waals surface area (Å²) in [5.41, 5.74) is 0.416. The third kappa shape index (κ3) is 4.14. The van der Waals surface area contributed by atoms with Crippen molar-refractivity contribution < 1.29 is 17.9 Å². The molecule has 150 valence electrons. The fraction of sp³-hybridized carbons (Fsp3) is 0.650. The van der Waals surface area contributed by atoms with Gasteiger partial charge in [-0.15, -0.1) is 0 Å². The van der Waals surface area contributed by atoms with Gasteiger partial charge in [-0.05, 0) is 55.2 Å². The standard InChI is InChI=1S/C20H30N2O4S/c1-4-22(5-2)27(24,25)17-8-9-19(26-3)18(13-17)21-20(23)12-16-11-14-6-7-15(16)10-14/h8-9,13-16H,4-7,10-12H2,1-3H3,(H,21,23). The molecule has 0 aliphatic heterocycles. The summed E-state index contributed by atoms with van der Waals surface area (Å²) in [7, 11) is -2.07. The Morgan fingerprint density at radius 3 is 2.52 bits per heavy atom. The van der Waals surface area contributed by atoms with E-state index in [4.69, 9.17) is 4.74 Å². The van der Waals surface area contributed by atoms with Gasteiger partial charge in [0.1, 0.15) is 5.75 Å². The highest BCUT2D eigenvalue weighted by Gasteiger charge is 2.40. The molecule has 0 radical (unpaired) electrons. The first-order chi connectivity index (χ1) is 12.9. The maximum Gasteiger partial charge on any atom is 0.243 e. The number of benzene rings is 1. The first kappa shape index (κ1) is 20.1. The van der Waals surface area contributed by atoms with Crippen molar-refractivity contribution in [2.45, 2.75) is 50.8 Å². The van der Waals surface area contributed by atoms with Gasteiger partial charge in [0.2, 0.25) is 15.9 Å². The van der Waals surface area contributed by atoms with Gasteiger partial charge in [0.15, 0.2) is 0 Å². The van der Waals surface area contributed by atoms with Crippen molar-refractivity contribution >= 4 is 21.6 Å². The summed E-state index contributed by atoms with van der Waals surface area (Å²) in [6.45, 7) is 4.42. The average Bonchev–Trinajstić information content (AvgIpc) is 3.25. The Labute approximate surface area is 162 Å². The minimum absolute atomic E-state index is 0.0664. The molecule has 2 aliphatic rings. The smallest absolute Gasteiger partial charge is 0.243 e. The number of amides is 1. The minimum Gasteiger partial charge on any atom is -0.495 e. The highest BCUT2D eigenvalue weighted by Crippen LogP contribution is 2.49. The summed E-state index contributed by atoms with van der Waals surface area (Å²) in [5, 5.41) is 2.89. The summed E-state index contributed by atoms with van der Waals surface area (Å²) in [6, 6.07) is 4.63. The highest BCUT2D eigenvalue weighted by atomic mass is 32.2. The van der Waals surface area contributed by atoms with Crippen LogP contribution in [0.15, 0.2) is 23.1 Å². The number of rotatable bonds is 8. The molecule has 1 amide bonds. The second kappa shape index (κ2) is 8.19. The van der Waals surface area contributed by atoms with E-state index in [9.17, 15) is 13.2 Å². The largest absolute Gasteiger partial charge is 0.495 e. The lowest BCUT2D eigenvalue weighted by Crippen LogP contribution is -2.30. The summed E-state index contributed by atoms with van der Waals surface area (Å²) in [4.78, 5) is 12.8. The van der Waals surface area contributed by atoms with E-state index in [1.807, 2.05) is 13.8 Å². The van der Waals surface area contributed by atoms with E-state index in [0.717, 1.165) is 12.3 Å². The van der Waals surface area contributed by atoms with E-state index in [1.54, 1.807) is 6.07 Å². The number of carbonyl (C=O) groups is 1. The second-order valence-electron chi connectivity index (χ2n) is 7.64. The number of hydrogen-bond donors (Lipinski definition) is 1. The molecule has 1 aromatic carbocycles. The summed E-state index contributed by atoms with van der Waals surface area (Å²) >= 11 is 0. The molecule has 3 unspecified atom stereocenters. The summed E-state index contributed by atoms with van der Waals surface area (Å²) in [6.07, 6.45) is 5.45. The zero-order valence-corrected chi connectivity index (χ0v) is 17.2. The molecule has 1 aromatic rings. The van der Waals surface area contributed by atoms with Gasteiger partial charge < -0.3 is 10.1 Å². The van der Waals surface area contributed by atoms with E-state index < -0.39 is 10.0 Å². The molecule has 3 atom stereocenters. The van der Waals surface area contributed by atoms with Crippen molar-refractivity contribution in [2.75, 3.05) is 25.5 Å². The number of sulfonamides is 1. The third-order valence-electron chi connectivity index (χ3n) is 6.12. The lowest BCUT2D eigenvalue weighted by Gasteiger charge is -2.22. The Morgan fingerprint density at radius 1 is 1.22 bits per heavy atom. The van der Waals surface area contributed by atoms with Crippen LogP contribution < -0.4 is 10.1 Å². The Bertz CT molecular complexity index is 789. The molecule has 3 rings (SSSR count). The van der Waals surface area contributed by atoms with Gasteiger partial charge in [0, 0.05) is 19.5 Å². The molecule has 0 spiro atoms. The van der Waals surface area contributed by atoms with Crippen LogP contribution in [0.3, 0.4) is 0 Å². The summed E-state index contributed by atoms with van der Waals surface area (Å²) in [5.74, 6) is 2.33. The summed E-state index contributed by atoms with van der Waals surface area (Å²) < 4.78 is 32.3. The van der Waals surface area contributed by atoms with Crippen LogP contribution in [0.2, 0.25) is 0 Å². The predicted molar refractivity (Wildman–Crippen MR) is 105 cm³/mol. The first-order valence-corrected chi connectivity index (χ1v) is 11.3. The van der Waals surface area contributed by atoms with E-state index in [-0.39, 0.29) is 10.8 Å². The Balaban J connectivity index is 1.76. The average molecular weight is 395 g/mol. The van der Waals surface area contributed by atoms with Crippen LogP contribution in [-0.4, -0.2) is 38.8 Å². The van der Waals surface area contributed by atoms with Crippen LogP contribution in [0.4, 0.5) is 5.69 Å². The topological polar surface area (TPSA) is 75.7 Å². The molecular weight excluding hydrogens is 364 g/mol. The Morgan fingerprint density at radius 2 is 1.96 bits per heavy atom. The van der Waals surface area contributed by atoms with Crippen molar-refractivity contribution in [3.63, 3.8) is 0 Å². The zero-order chi connectivity index (χ0) is 19.6. The number of fused-ring (bicyclic) bond motifs is 2. The Kier molecular flexibility index (Phi) is 6.11. The van der Waals surface area contributed by atoms with Crippen molar-refractivity contribution in [1.29, 1.82) is 0 Å². The van der Waals surface area contributed by atoms with Crippen LogP contribution in [-0.2, 0) is 14.8 Å². The van der Waals surface area contributed by atoms with Gasteiger partial charge in [-0.25, -0.2) is 8.42 Å². The van der Waals surface area contributed by atoms with Gasteiger partial charge in [-0.1, -0.05) is 20.3 Å². The molecule has 2 aliphatic carbocycles. The number of ether oxygens (including phenoxy) is 1. The maximum atomic E-state index is 12.8. The fourth-order valence-electron chi connectivity index (χ4n) is 4.72. The maximum absolute atomic E-state index is 12.8. The van der Waals surface area contributed by atoms with Gasteiger partial charge >= 0.3 is 0 Å². The van der Waals surface area contributed by atoms with E-state index in [1.165, 1.54) is 42.8 Å². The van der Waals surface area contributed by atoms with Crippen LogP contribution in [0.1, 0.15) is 46.0 Å². The molecule has 27 heavy (non-hydrogen) atoms. The second-order valence-corrected chi connectivity index (χ2v) is 9.58. The number of nitrogens with zero attached hydrogens (tertiary/aromatic N) is 1. The van der Waals surface area contributed by atoms with Crippen molar-refractivity contribution in [2.24, 2.45) is 17.8 Å². The SMILES string of the molecule is CCN(CC)S(=O)(=O)c1ccc(OC)c(NC(=O)CC2CC3CCC2C3)c1. The number of carbonyl (C=O) groups excluding carboxylic acids is 1. The molecule has 0 aromatic heterocycles. The molecular formula is C20H30N2O4S. The van der Waals surface area contributed by atoms with E-state index in [2.05, 4.69) is 5.32 Å². The fourth-order valence-corrected chi connectivity index (χ4v) is 6.21. The quantitative estimate of drug-likeness (QED) is 0.732.